The molecule has 1 saturated heterocycles. The normalized spacial score (nSPS) is 22.2. The zero-order valence-electron chi connectivity index (χ0n) is 7.00. The van der Waals surface area contributed by atoms with Crippen LogP contribution in [-0.2, 0) is 9.53 Å². The molecule has 1 aromatic rings. The summed E-state index contributed by atoms with van der Waals surface area (Å²) in [4.78, 5) is 11.2. The number of hydrogen-bond acceptors (Lipinski definition) is 2. The monoisotopic (exact) mass is 180 g/mol. The standard InChI is InChI=1S/C10H9FO2/c11-8-3-1-2-7(4-8)9-5-13-6-10(9)12/h1-4,9H,5-6H2/t9-/m1/s1. The lowest BCUT2D eigenvalue weighted by molar-refractivity contribution is -0.118. The Hall–Kier alpha value is -1.22. The predicted octanol–water partition coefficient (Wildman–Crippen LogP) is 1.51. The number of carbonyl (C=O) groups excluding carboxylic acids is 1. The summed E-state index contributed by atoms with van der Waals surface area (Å²) >= 11 is 0. The molecule has 13 heavy (non-hydrogen) atoms. The molecule has 0 aromatic heterocycles. The number of halogens is 1. The number of carbonyl (C=O) groups is 1. The second-order valence-corrected chi connectivity index (χ2v) is 3.09. The average Bonchev–Trinajstić information content (AvgIpc) is 2.51. The maximum atomic E-state index is 12.8. The van der Waals surface area contributed by atoms with Gasteiger partial charge in [0, 0.05) is 0 Å². The van der Waals surface area contributed by atoms with Gasteiger partial charge in [-0.3, -0.25) is 4.79 Å². The van der Waals surface area contributed by atoms with E-state index < -0.39 is 0 Å². The Balaban J connectivity index is 2.29. The Morgan fingerprint density at radius 2 is 2.31 bits per heavy atom. The van der Waals surface area contributed by atoms with E-state index in [0.29, 0.717) is 12.2 Å². The van der Waals surface area contributed by atoms with Crippen LogP contribution in [0.3, 0.4) is 0 Å². The van der Waals surface area contributed by atoms with Crippen molar-refractivity contribution in [3.63, 3.8) is 0 Å². The van der Waals surface area contributed by atoms with E-state index in [0.717, 1.165) is 0 Å². The van der Waals surface area contributed by atoms with Crippen molar-refractivity contribution in [1.82, 2.24) is 0 Å². The van der Waals surface area contributed by atoms with Gasteiger partial charge in [0.15, 0.2) is 5.78 Å². The number of benzene rings is 1. The average molecular weight is 180 g/mol. The fourth-order valence-corrected chi connectivity index (χ4v) is 1.48. The molecule has 1 atom stereocenters. The van der Waals surface area contributed by atoms with Crippen molar-refractivity contribution >= 4 is 5.78 Å². The van der Waals surface area contributed by atoms with Gasteiger partial charge in [-0.2, -0.15) is 0 Å². The molecule has 2 nitrogen and oxygen atoms in total. The molecule has 0 spiro atoms. The Morgan fingerprint density at radius 3 is 2.92 bits per heavy atom. The summed E-state index contributed by atoms with van der Waals surface area (Å²) in [6.45, 7) is 0.531. The van der Waals surface area contributed by atoms with E-state index in [1.165, 1.54) is 12.1 Å². The maximum Gasteiger partial charge on any atom is 0.168 e. The van der Waals surface area contributed by atoms with Gasteiger partial charge in [-0.25, -0.2) is 4.39 Å². The molecule has 1 aliphatic rings. The molecule has 0 bridgehead atoms. The SMILES string of the molecule is O=C1COC[C@@H]1c1cccc(F)c1. The van der Waals surface area contributed by atoms with Crippen LogP contribution in [0.2, 0.25) is 0 Å². The van der Waals surface area contributed by atoms with Crippen molar-refractivity contribution in [1.29, 1.82) is 0 Å². The molecule has 1 aliphatic heterocycles. The first-order valence-electron chi connectivity index (χ1n) is 4.13. The number of ketones is 1. The highest BCUT2D eigenvalue weighted by Crippen LogP contribution is 2.22. The number of rotatable bonds is 1. The second-order valence-electron chi connectivity index (χ2n) is 3.09. The molecule has 2 rings (SSSR count). The van der Waals surface area contributed by atoms with Crippen molar-refractivity contribution in [2.75, 3.05) is 13.2 Å². The van der Waals surface area contributed by atoms with Crippen molar-refractivity contribution in [2.24, 2.45) is 0 Å². The Kier molecular flexibility index (Phi) is 2.10. The number of ether oxygens (including phenoxy) is 1. The van der Waals surface area contributed by atoms with E-state index in [-0.39, 0.29) is 24.1 Å². The van der Waals surface area contributed by atoms with Gasteiger partial charge in [0.05, 0.1) is 12.5 Å². The summed E-state index contributed by atoms with van der Waals surface area (Å²) in [6, 6.07) is 6.11. The fraction of sp³-hybridized carbons (Fsp3) is 0.300. The van der Waals surface area contributed by atoms with Gasteiger partial charge < -0.3 is 4.74 Å². The topological polar surface area (TPSA) is 26.3 Å². The van der Waals surface area contributed by atoms with Crippen LogP contribution in [0.4, 0.5) is 4.39 Å². The molecule has 0 aliphatic carbocycles. The minimum Gasteiger partial charge on any atom is -0.373 e. The third kappa shape index (κ3) is 1.60. The molecule has 1 fully saturated rings. The second kappa shape index (κ2) is 3.26. The van der Waals surface area contributed by atoms with E-state index in [9.17, 15) is 9.18 Å². The first kappa shape index (κ1) is 8.38. The number of Topliss-reactive ketones (excluding diaryl/α,β-unsaturated/α-hetero) is 1. The lowest BCUT2D eigenvalue weighted by Gasteiger charge is -2.05. The molecular formula is C10H9FO2. The molecule has 0 amide bonds. The van der Waals surface area contributed by atoms with Gasteiger partial charge in [0.1, 0.15) is 12.4 Å². The van der Waals surface area contributed by atoms with Gasteiger partial charge in [-0.1, -0.05) is 12.1 Å². The summed E-state index contributed by atoms with van der Waals surface area (Å²) < 4.78 is 17.8. The van der Waals surface area contributed by atoms with E-state index >= 15 is 0 Å². The summed E-state index contributed by atoms with van der Waals surface area (Å²) in [6.07, 6.45) is 0. The lowest BCUT2D eigenvalue weighted by atomic mass is 9.98. The van der Waals surface area contributed by atoms with Gasteiger partial charge in [0.25, 0.3) is 0 Å². The summed E-state index contributed by atoms with van der Waals surface area (Å²) in [7, 11) is 0. The molecular weight excluding hydrogens is 171 g/mol. The highest BCUT2D eigenvalue weighted by atomic mass is 19.1. The van der Waals surface area contributed by atoms with Crippen molar-refractivity contribution in [2.45, 2.75) is 5.92 Å². The van der Waals surface area contributed by atoms with Crippen molar-refractivity contribution in [3.05, 3.63) is 35.6 Å². The van der Waals surface area contributed by atoms with Crippen LogP contribution in [0.5, 0.6) is 0 Å². The smallest absolute Gasteiger partial charge is 0.168 e. The Labute approximate surface area is 75.3 Å². The minimum atomic E-state index is -0.308. The van der Waals surface area contributed by atoms with E-state index in [4.69, 9.17) is 4.74 Å². The van der Waals surface area contributed by atoms with E-state index in [1.807, 2.05) is 0 Å². The predicted molar refractivity (Wildman–Crippen MR) is 45.0 cm³/mol. The molecule has 68 valence electrons. The summed E-state index contributed by atoms with van der Waals surface area (Å²) in [5.41, 5.74) is 0.711. The maximum absolute atomic E-state index is 12.8. The van der Waals surface area contributed by atoms with Gasteiger partial charge in [-0.15, -0.1) is 0 Å². The highest BCUT2D eigenvalue weighted by Gasteiger charge is 2.26. The zero-order valence-corrected chi connectivity index (χ0v) is 7.00. The highest BCUT2D eigenvalue weighted by molar-refractivity contribution is 5.88. The van der Waals surface area contributed by atoms with Gasteiger partial charge in [-0.05, 0) is 17.7 Å². The fourth-order valence-electron chi connectivity index (χ4n) is 1.48. The van der Waals surface area contributed by atoms with E-state index in [1.54, 1.807) is 12.1 Å². The molecule has 3 heteroatoms. The van der Waals surface area contributed by atoms with Crippen LogP contribution < -0.4 is 0 Å². The third-order valence-electron chi connectivity index (χ3n) is 2.17. The van der Waals surface area contributed by atoms with E-state index in [2.05, 4.69) is 0 Å². The summed E-state index contributed by atoms with van der Waals surface area (Å²) in [5, 5.41) is 0. The minimum absolute atomic E-state index is 0.0330. The van der Waals surface area contributed by atoms with Crippen LogP contribution in [-0.4, -0.2) is 19.0 Å². The molecule has 1 aromatic carbocycles. The first-order chi connectivity index (χ1) is 6.27. The molecule has 1 heterocycles. The van der Waals surface area contributed by atoms with Crippen LogP contribution in [0, 0.1) is 5.82 Å². The van der Waals surface area contributed by atoms with Crippen LogP contribution in [0.1, 0.15) is 11.5 Å². The van der Waals surface area contributed by atoms with Crippen LogP contribution in [0.15, 0.2) is 24.3 Å². The van der Waals surface area contributed by atoms with Crippen LogP contribution in [0.25, 0.3) is 0 Å². The Bertz CT molecular complexity index is 335. The molecule has 0 N–H and O–H groups in total. The van der Waals surface area contributed by atoms with Crippen molar-refractivity contribution in [3.8, 4) is 0 Å². The molecule has 0 unspecified atom stereocenters. The lowest BCUT2D eigenvalue weighted by Crippen LogP contribution is -2.08. The van der Waals surface area contributed by atoms with Crippen molar-refractivity contribution < 1.29 is 13.9 Å². The number of hydrogen-bond donors (Lipinski definition) is 0. The molecule has 0 saturated carbocycles. The quantitative estimate of drug-likeness (QED) is 0.654. The van der Waals surface area contributed by atoms with Gasteiger partial charge >= 0.3 is 0 Å². The summed E-state index contributed by atoms with van der Waals surface area (Å²) in [5.74, 6) is -0.543. The molecule has 0 radical (unpaired) electrons. The largest absolute Gasteiger partial charge is 0.373 e. The van der Waals surface area contributed by atoms with Crippen LogP contribution >= 0.6 is 0 Å². The zero-order chi connectivity index (χ0) is 9.26. The first-order valence-corrected chi connectivity index (χ1v) is 4.13. The van der Waals surface area contributed by atoms with Gasteiger partial charge in [0.2, 0.25) is 0 Å². The Morgan fingerprint density at radius 1 is 1.46 bits per heavy atom. The third-order valence-corrected chi connectivity index (χ3v) is 2.17.